The molecule has 1 fully saturated rings. The largest absolute Gasteiger partial charge is 0.351 e. The predicted octanol–water partition coefficient (Wildman–Crippen LogP) is 1.97. The van der Waals surface area contributed by atoms with E-state index in [0.717, 1.165) is 18.4 Å². The van der Waals surface area contributed by atoms with Crippen molar-refractivity contribution >= 4 is 29.3 Å². The molecule has 3 rings (SSSR count). The van der Waals surface area contributed by atoms with Crippen molar-refractivity contribution in [3.05, 3.63) is 45.3 Å². The van der Waals surface area contributed by atoms with Crippen molar-refractivity contribution < 1.29 is 4.79 Å². The molecule has 6 nitrogen and oxygen atoms in total. The van der Waals surface area contributed by atoms with Crippen molar-refractivity contribution in [1.82, 2.24) is 20.1 Å². The number of rotatable bonds is 6. The minimum atomic E-state index is -0.202. The fraction of sp³-hybridized carbons (Fsp3) is 0.357. The van der Waals surface area contributed by atoms with E-state index in [9.17, 15) is 9.59 Å². The standard InChI is InChI=1S/C14H15ClN4O2S/c15-10-3-1-9(2-4-10)7-16-12(20)8-22-14-18-17-13(21)19(14)11-5-6-11/h1-4,11H,5-8H2,(H,16,20)(H,17,21). The van der Waals surface area contributed by atoms with Crippen molar-refractivity contribution in [3.63, 3.8) is 0 Å². The van der Waals surface area contributed by atoms with Gasteiger partial charge in [-0.1, -0.05) is 35.5 Å². The first-order valence-corrected chi connectivity index (χ1v) is 8.30. The number of nitrogens with one attached hydrogen (secondary N) is 2. The van der Waals surface area contributed by atoms with E-state index in [1.807, 2.05) is 12.1 Å². The van der Waals surface area contributed by atoms with E-state index in [1.165, 1.54) is 11.8 Å². The summed E-state index contributed by atoms with van der Waals surface area (Å²) in [5.74, 6) is 0.127. The number of amides is 1. The van der Waals surface area contributed by atoms with Gasteiger partial charge < -0.3 is 5.32 Å². The van der Waals surface area contributed by atoms with Crippen LogP contribution in [-0.2, 0) is 11.3 Å². The van der Waals surface area contributed by atoms with Crippen LogP contribution < -0.4 is 11.0 Å². The molecule has 1 aliphatic rings. The number of carbonyl (C=O) groups is 1. The highest BCUT2D eigenvalue weighted by Crippen LogP contribution is 2.35. The van der Waals surface area contributed by atoms with E-state index in [0.29, 0.717) is 16.7 Å². The minimum Gasteiger partial charge on any atom is -0.351 e. The third-order valence-corrected chi connectivity index (χ3v) is 4.52. The van der Waals surface area contributed by atoms with Crippen molar-refractivity contribution in [2.24, 2.45) is 0 Å². The number of thioether (sulfide) groups is 1. The maximum atomic E-state index is 11.9. The Hall–Kier alpha value is -1.73. The molecule has 0 bridgehead atoms. The van der Waals surface area contributed by atoms with Gasteiger partial charge in [-0.2, -0.15) is 0 Å². The molecule has 2 N–H and O–H groups in total. The zero-order chi connectivity index (χ0) is 15.5. The van der Waals surface area contributed by atoms with E-state index in [2.05, 4.69) is 15.5 Å². The van der Waals surface area contributed by atoms with Crippen LogP contribution in [0.2, 0.25) is 5.02 Å². The molecule has 0 aliphatic heterocycles. The van der Waals surface area contributed by atoms with Crippen LogP contribution in [0.5, 0.6) is 0 Å². The molecule has 1 aliphatic carbocycles. The number of hydrogen-bond donors (Lipinski definition) is 2. The van der Waals surface area contributed by atoms with E-state index >= 15 is 0 Å². The second kappa shape index (κ2) is 6.58. The number of aromatic nitrogens is 3. The van der Waals surface area contributed by atoms with Crippen molar-refractivity contribution in [2.75, 3.05) is 5.75 Å². The van der Waals surface area contributed by atoms with E-state index in [4.69, 9.17) is 11.6 Å². The van der Waals surface area contributed by atoms with Gasteiger partial charge in [-0.15, -0.1) is 5.10 Å². The quantitative estimate of drug-likeness (QED) is 0.789. The molecule has 0 unspecified atom stereocenters. The van der Waals surface area contributed by atoms with Crippen LogP contribution in [0.1, 0.15) is 24.4 Å². The van der Waals surface area contributed by atoms with Crippen LogP contribution in [0.15, 0.2) is 34.2 Å². The van der Waals surface area contributed by atoms with Crippen LogP contribution in [0.3, 0.4) is 0 Å². The number of hydrogen-bond acceptors (Lipinski definition) is 4. The Bertz CT molecular complexity index is 721. The Balaban J connectivity index is 1.50. The van der Waals surface area contributed by atoms with Gasteiger partial charge in [0, 0.05) is 17.6 Å². The predicted molar refractivity (Wildman–Crippen MR) is 85.1 cm³/mol. The highest BCUT2D eigenvalue weighted by atomic mass is 35.5. The summed E-state index contributed by atoms with van der Waals surface area (Å²) in [4.78, 5) is 23.5. The van der Waals surface area contributed by atoms with Gasteiger partial charge in [-0.25, -0.2) is 9.89 Å². The molecule has 22 heavy (non-hydrogen) atoms. The van der Waals surface area contributed by atoms with Crippen molar-refractivity contribution in [1.29, 1.82) is 0 Å². The summed E-state index contributed by atoms with van der Waals surface area (Å²) in [6.45, 7) is 0.451. The third-order valence-electron chi connectivity index (χ3n) is 3.32. The lowest BCUT2D eigenvalue weighted by atomic mass is 10.2. The second-order valence-corrected chi connectivity index (χ2v) is 6.48. The monoisotopic (exact) mass is 338 g/mol. The first kappa shape index (κ1) is 15.2. The lowest BCUT2D eigenvalue weighted by Gasteiger charge is -2.06. The van der Waals surface area contributed by atoms with Gasteiger partial charge in [0.2, 0.25) is 5.91 Å². The average molecular weight is 339 g/mol. The molecule has 8 heteroatoms. The number of benzene rings is 1. The maximum Gasteiger partial charge on any atom is 0.344 e. The molecule has 0 saturated heterocycles. The SMILES string of the molecule is O=C(CSc1n[nH]c(=O)n1C1CC1)NCc1ccc(Cl)cc1. The summed E-state index contributed by atoms with van der Waals surface area (Å²) < 4.78 is 1.64. The Morgan fingerprint density at radius 1 is 1.41 bits per heavy atom. The van der Waals surface area contributed by atoms with Crippen molar-refractivity contribution in [3.8, 4) is 0 Å². The minimum absolute atomic E-state index is 0.0993. The number of halogens is 1. The molecular formula is C14H15ClN4O2S. The van der Waals surface area contributed by atoms with Gasteiger partial charge in [0.05, 0.1) is 5.75 Å². The Morgan fingerprint density at radius 3 is 2.82 bits per heavy atom. The fourth-order valence-corrected chi connectivity index (χ4v) is 3.00. The highest BCUT2D eigenvalue weighted by Gasteiger charge is 2.28. The molecular weight excluding hydrogens is 324 g/mol. The first-order chi connectivity index (χ1) is 10.6. The summed E-state index contributed by atoms with van der Waals surface area (Å²) in [6, 6.07) is 7.56. The third kappa shape index (κ3) is 3.72. The van der Waals surface area contributed by atoms with Gasteiger partial charge in [-0.3, -0.25) is 9.36 Å². The average Bonchev–Trinajstić information content (AvgIpc) is 3.28. The Kier molecular flexibility index (Phi) is 4.54. The van der Waals surface area contributed by atoms with Crippen molar-refractivity contribution in [2.45, 2.75) is 30.6 Å². The normalized spacial score (nSPS) is 14.0. The van der Waals surface area contributed by atoms with Gasteiger partial charge in [0.25, 0.3) is 0 Å². The van der Waals surface area contributed by atoms with E-state index in [-0.39, 0.29) is 23.4 Å². The smallest absolute Gasteiger partial charge is 0.344 e. The summed E-state index contributed by atoms with van der Waals surface area (Å²) >= 11 is 7.08. The maximum absolute atomic E-state index is 11.9. The summed E-state index contributed by atoms with van der Waals surface area (Å²) in [5.41, 5.74) is 0.781. The molecule has 1 aromatic heterocycles. The first-order valence-electron chi connectivity index (χ1n) is 6.94. The summed E-state index contributed by atoms with van der Waals surface area (Å²) in [6.07, 6.45) is 1.99. The van der Waals surface area contributed by atoms with Crippen LogP contribution >= 0.6 is 23.4 Å². The molecule has 1 heterocycles. The summed E-state index contributed by atoms with van der Waals surface area (Å²) in [5, 5.41) is 10.5. The van der Waals surface area contributed by atoms with Gasteiger partial charge in [-0.05, 0) is 30.5 Å². The molecule has 0 atom stereocenters. The molecule has 116 valence electrons. The zero-order valence-electron chi connectivity index (χ0n) is 11.7. The Morgan fingerprint density at radius 2 is 2.14 bits per heavy atom. The van der Waals surface area contributed by atoms with Crippen LogP contribution in [0, 0.1) is 0 Å². The van der Waals surface area contributed by atoms with Crippen LogP contribution in [0.4, 0.5) is 0 Å². The van der Waals surface area contributed by atoms with E-state index < -0.39 is 0 Å². The second-order valence-electron chi connectivity index (χ2n) is 5.10. The molecule has 1 saturated carbocycles. The van der Waals surface area contributed by atoms with Gasteiger partial charge in [0.15, 0.2) is 5.16 Å². The number of aromatic amines is 1. The molecule has 0 radical (unpaired) electrons. The molecule has 0 spiro atoms. The zero-order valence-corrected chi connectivity index (χ0v) is 13.3. The summed E-state index contributed by atoms with van der Waals surface area (Å²) in [7, 11) is 0. The van der Waals surface area contributed by atoms with Crippen LogP contribution in [-0.4, -0.2) is 26.4 Å². The van der Waals surface area contributed by atoms with E-state index in [1.54, 1.807) is 16.7 Å². The molecule has 2 aromatic rings. The lowest BCUT2D eigenvalue weighted by Crippen LogP contribution is -2.25. The highest BCUT2D eigenvalue weighted by molar-refractivity contribution is 7.99. The topological polar surface area (TPSA) is 79.8 Å². The van der Waals surface area contributed by atoms with Gasteiger partial charge >= 0.3 is 5.69 Å². The Labute approximate surface area is 136 Å². The number of carbonyl (C=O) groups excluding carboxylic acids is 1. The lowest BCUT2D eigenvalue weighted by molar-refractivity contribution is -0.118. The number of H-pyrrole nitrogens is 1. The molecule has 1 aromatic carbocycles. The van der Waals surface area contributed by atoms with Crippen LogP contribution in [0.25, 0.3) is 0 Å². The van der Waals surface area contributed by atoms with Gasteiger partial charge in [0.1, 0.15) is 0 Å². The fourth-order valence-electron chi connectivity index (χ4n) is 2.03. The molecule has 1 amide bonds. The number of nitrogens with zero attached hydrogens (tertiary/aromatic N) is 2.